The van der Waals surface area contributed by atoms with Crippen LogP contribution in [0.5, 0.6) is 11.5 Å². The van der Waals surface area contributed by atoms with E-state index in [9.17, 15) is 0 Å². The first kappa shape index (κ1) is 12.4. The lowest BCUT2D eigenvalue weighted by atomic mass is 10.1. The molecule has 0 aliphatic rings. The van der Waals surface area contributed by atoms with E-state index in [0.29, 0.717) is 12.1 Å². The van der Waals surface area contributed by atoms with Crippen LogP contribution in [0, 0.1) is 0 Å². The second-order valence-corrected chi connectivity index (χ2v) is 3.49. The van der Waals surface area contributed by atoms with Crippen LogP contribution in [0.3, 0.4) is 0 Å². The summed E-state index contributed by atoms with van der Waals surface area (Å²) in [6.07, 6.45) is 1.45. The summed E-state index contributed by atoms with van der Waals surface area (Å²) in [7, 11) is 3.23. The number of para-hydroxylation sites is 1. The van der Waals surface area contributed by atoms with Crippen LogP contribution >= 0.6 is 0 Å². The average molecular weight is 223 g/mol. The zero-order chi connectivity index (χ0) is 12.0. The van der Waals surface area contributed by atoms with Gasteiger partial charge in [-0.2, -0.15) is 0 Å². The maximum atomic E-state index is 8.57. The Balaban J connectivity index is 2.86. The van der Waals surface area contributed by atoms with Crippen LogP contribution in [0.15, 0.2) is 23.4 Å². The zero-order valence-electron chi connectivity index (χ0n) is 9.86. The number of rotatable bonds is 5. The summed E-state index contributed by atoms with van der Waals surface area (Å²) < 4.78 is 10.5. The first-order valence-corrected chi connectivity index (χ1v) is 5.10. The van der Waals surface area contributed by atoms with Crippen molar-refractivity contribution in [3.63, 3.8) is 0 Å². The summed E-state index contributed by atoms with van der Waals surface area (Å²) in [6, 6.07) is 5.75. The number of ether oxygens (including phenoxy) is 2. The molecule has 1 aromatic carbocycles. The van der Waals surface area contributed by atoms with Gasteiger partial charge >= 0.3 is 0 Å². The third-order valence-electron chi connectivity index (χ3n) is 2.41. The van der Waals surface area contributed by atoms with Gasteiger partial charge in [-0.25, -0.2) is 0 Å². The Hall–Kier alpha value is -1.71. The fraction of sp³-hybridized carbons (Fsp3) is 0.417. The first-order chi connectivity index (χ1) is 7.72. The molecule has 88 valence electrons. The summed E-state index contributed by atoms with van der Waals surface area (Å²) in [5.41, 5.74) is 1.75. The molecule has 0 aromatic heterocycles. The van der Waals surface area contributed by atoms with E-state index in [1.807, 2.05) is 18.2 Å². The van der Waals surface area contributed by atoms with Crippen LogP contribution < -0.4 is 9.47 Å². The van der Waals surface area contributed by atoms with Crippen LogP contribution in [-0.4, -0.2) is 25.1 Å². The summed E-state index contributed by atoms with van der Waals surface area (Å²) in [5, 5.41) is 11.7. The van der Waals surface area contributed by atoms with Crippen molar-refractivity contribution in [2.45, 2.75) is 19.8 Å². The smallest absolute Gasteiger partial charge is 0.163 e. The Morgan fingerprint density at radius 1 is 1.31 bits per heavy atom. The quantitative estimate of drug-likeness (QED) is 0.474. The minimum atomic E-state index is 0.694. The highest BCUT2D eigenvalue weighted by Crippen LogP contribution is 2.31. The molecule has 4 heteroatoms. The fourth-order valence-electron chi connectivity index (χ4n) is 1.52. The number of hydrogen-bond donors (Lipinski definition) is 1. The number of nitrogens with zero attached hydrogens (tertiary/aromatic N) is 1. The standard InChI is InChI=1S/C12H17NO3/c1-9(13-14)7-8-10-5-4-6-11(15-2)12(10)16-3/h4-6,14H,7-8H2,1-3H3/b13-9+. The molecule has 0 unspecified atom stereocenters. The predicted octanol–water partition coefficient (Wildman–Crippen LogP) is 2.49. The Kier molecular flexibility index (Phi) is 4.64. The molecule has 0 bridgehead atoms. The maximum absolute atomic E-state index is 8.57. The van der Waals surface area contributed by atoms with Crippen LogP contribution in [-0.2, 0) is 6.42 Å². The normalized spacial score (nSPS) is 11.3. The first-order valence-electron chi connectivity index (χ1n) is 5.10. The van der Waals surface area contributed by atoms with Crippen molar-refractivity contribution < 1.29 is 14.7 Å². The summed E-state index contributed by atoms with van der Waals surface area (Å²) in [4.78, 5) is 0. The second-order valence-electron chi connectivity index (χ2n) is 3.49. The van der Waals surface area contributed by atoms with Gasteiger partial charge in [0, 0.05) is 0 Å². The van der Waals surface area contributed by atoms with Gasteiger partial charge < -0.3 is 14.7 Å². The zero-order valence-corrected chi connectivity index (χ0v) is 9.86. The minimum absolute atomic E-state index is 0.694. The van der Waals surface area contributed by atoms with Crippen molar-refractivity contribution in [2.24, 2.45) is 5.16 Å². The van der Waals surface area contributed by atoms with Crippen molar-refractivity contribution >= 4 is 5.71 Å². The molecule has 4 nitrogen and oxygen atoms in total. The average Bonchev–Trinajstić information content (AvgIpc) is 2.34. The lowest BCUT2D eigenvalue weighted by Crippen LogP contribution is -1.99. The highest BCUT2D eigenvalue weighted by atomic mass is 16.5. The number of aryl methyl sites for hydroxylation is 1. The molecule has 0 spiro atoms. The molecule has 0 atom stereocenters. The molecule has 1 rings (SSSR count). The van der Waals surface area contributed by atoms with Crippen LogP contribution in [0.1, 0.15) is 18.9 Å². The molecule has 0 radical (unpaired) electrons. The van der Waals surface area contributed by atoms with E-state index in [1.54, 1.807) is 21.1 Å². The highest BCUT2D eigenvalue weighted by molar-refractivity contribution is 5.81. The van der Waals surface area contributed by atoms with Crippen LogP contribution in [0.4, 0.5) is 0 Å². The second kappa shape index (κ2) is 6.00. The minimum Gasteiger partial charge on any atom is -0.493 e. The van der Waals surface area contributed by atoms with Gasteiger partial charge in [0.25, 0.3) is 0 Å². The molecule has 1 aromatic rings. The topological polar surface area (TPSA) is 51.0 Å². The Morgan fingerprint density at radius 2 is 2.06 bits per heavy atom. The van der Waals surface area contributed by atoms with Gasteiger partial charge in [-0.1, -0.05) is 17.3 Å². The van der Waals surface area contributed by atoms with E-state index in [4.69, 9.17) is 14.7 Å². The van der Waals surface area contributed by atoms with Gasteiger partial charge in [-0.15, -0.1) is 0 Å². The van der Waals surface area contributed by atoms with Crippen molar-refractivity contribution in [1.82, 2.24) is 0 Å². The van der Waals surface area contributed by atoms with Crippen molar-refractivity contribution in [3.8, 4) is 11.5 Å². The number of benzene rings is 1. The molecule has 0 aliphatic carbocycles. The van der Waals surface area contributed by atoms with E-state index in [-0.39, 0.29) is 0 Å². The molecule has 0 saturated carbocycles. The maximum Gasteiger partial charge on any atom is 0.163 e. The van der Waals surface area contributed by atoms with Crippen molar-refractivity contribution in [1.29, 1.82) is 0 Å². The number of hydrogen-bond acceptors (Lipinski definition) is 4. The molecule has 0 aliphatic heterocycles. The van der Waals surface area contributed by atoms with Crippen molar-refractivity contribution in [2.75, 3.05) is 14.2 Å². The number of oxime groups is 1. The molecule has 0 amide bonds. The predicted molar refractivity (Wildman–Crippen MR) is 62.8 cm³/mol. The Morgan fingerprint density at radius 3 is 2.62 bits per heavy atom. The van der Waals surface area contributed by atoms with Crippen LogP contribution in [0.25, 0.3) is 0 Å². The van der Waals surface area contributed by atoms with E-state index < -0.39 is 0 Å². The van der Waals surface area contributed by atoms with Gasteiger partial charge in [0.2, 0.25) is 0 Å². The molecule has 1 N–H and O–H groups in total. The molecule has 0 heterocycles. The lowest BCUT2D eigenvalue weighted by molar-refractivity contribution is 0.317. The number of methoxy groups -OCH3 is 2. The SMILES string of the molecule is COc1cccc(CC/C(C)=N/O)c1OC. The van der Waals surface area contributed by atoms with E-state index in [0.717, 1.165) is 23.5 Å². The van der Waals surface area contributed by atoms with Gasteiger partial charge in [-0.3, -0.25) is 0 Å². The van der Waals surface area contributed by atoms with Gasteiger partial charge in [0.15, 0.2) is 11.5 Å². The molecular weight excluding hydrogens is 206 g/mol. The molecular formula is C12H17NO3. The van der Waals surface area contributed by atoms with Gasteiger partial charge in [0.05, 0.1) is 19.9 Å². The Bertz CT molecular complexity index is 375. The largest absolute Gasteiger partial charge is 0.493 e. The summed E-state index contributed by atoms with van der Waals surface area (Å²) in [6.45, 7) is 1.78. The van der Waals surface area contributed by atoms with Crippen molar-refractivity contribution in [3.05, 3.63) is 23.8 Å². The fourth-order valence-corrected chi connectivity index (χ4v) is 1.52. The highest BCUT2D eigenvalue weighted by Gasteiger charge is 2.09. The van der Waals surface area contributed by atoms with Gasteiger partial charge in [-0.05, 0) is 31.4 Å². The molecule has 0 fully saturated rings. The summed E-state index contributed by atoms with van der Waals surface area (Å²) >= 11 is 0. The van der Waals surface area contributed by atoms with E-state index in [1.165, 1.54) is 0 Å². The van der Waals surface area contributed by atoms with Crippen LogP contribution in [0.2, 0.25) is 0 Å². The van der Waals surface area contributed by atoms with E-state index in [2.05, 4.69) is 5.16 Å². The van der Waals surface area contributed by atoms with Gasteiger partial charge in [0.1, 0.15) is 0 Å². The Labute approximate surface area is 95.5 Å². The third kappa shape index (κ3) is 2.89. The summed E-state index contributed by atoms with van der Waals surface area (Å²) in [5.74, 6) is 1.47. The molecule has 0 saturated heterocycles. The molecule has 16 heavy (non-hydrogen) atoms. The lowest BCUT2D eigenvalue weighted by Gasteiger charge is -2.12. The third-order valence-corrected chi connectivity index (χ3v) is 2.41. The monoisotopic (exact) mass is 223 g/mol. The van der Waals surface area contributed by atoms with E-state index >= 15 is 0 Å².